The van der Waals surface area contributed by atoms with Gasteiger partial charge in [0, 0.05) is 0 Å². The minimum absolute atomic E-state index is 0.0612. The number of aliphatic hydroxyl groups is 1. The molecule has 0 aromatic heterocycles. The molecule has 0 amide bonds. The summed E-state index contributed by atoms with van der Waals surface area (Å²) in [5, 5.41) is 9.85. The van der Waals surface area contributed by atoms with E-state index in [0.717, 1.165) is 0 Å². The van der Waals surface area contributed by atoms with Gasteiger partial charge in [-0.25, -0.2) is 0 Å². The Balaban J connectivity index is 4.85. The Kier molecular flexibility index (Phi) is 13.8. The molecule has 0 aromatic rings. The molecule has 0 rings (SSSR count). The van der Waals surface area contributed by atoms with E-state index in [0.29, 0.717) is 12.2 Å². The maximum absolute atomic E-state index is 12.5. The average Bonchev–Trinajstić information content (AvgIpc) is 2.73. The van der Waals surface area contributed by atoms with Gasteiger partial charge < -0.3 is 28.8 Å². The number of esters is 3. The Morgan fingerprint density at radius 3 is 2.23 bits per heavy atom. The van der Waals surface area contributed by atoms with E-state index in [4.69, 9.17) is 23.7 Å². The average molecular weight is 447 g/mol. The van der Waals surface area contributed by atoms with Gasteiger partial charge >= 0.3 is 17.9 Å². The number of ether oxygens (including phenoxy) is 5. The van der Waals surface area contributed by atoms with Crippen LogP contribution in [0.4, 0.5) is 0 Å². The summed E-state index contributed by atoms with van der Waals surface area (Å²) in [4.78, 5) is 37.0. The Hall–Kier alpha value is -2.13. The maximum atomic E-state index is 12.5. The number of rotatable bonds is 16. The van der Waals surface area contributed by atoms with E-state index < -0.39 is 41.3 Å². The van der Waals surface area contributed by atoms with E-state index in [-0.39, 0.29) is 39.5 Å². The molecule has 0 radical (unpaired) electrons. The number of carbonyl (C=O) groups is 3. The van der Waals surface area contributed by atoms with Gasteiger partial charge in [0.2, 0.25) is 0 Å². The van der Waals surface area contributed by atoms with Crippen molar-refractivity contribution in [3.05, 3.63) is 12.3 Å². The second-order valence-corrected chi connectivity index (χ2v) is 7.81. The molecule has 0 spiro atoms. The quantitative estimate of drug-likeness (QED) is 0.125. The minimum Gasteiger partial charge on any atom is -0.473 e. The molecule has 0 fully saturated rings. The highest BCUT2D eigenvalue weighted by Crippen LogP contribution is 2.34. The zero-order valence-corrected chi connectivity index (χ0v) is 19.6. The molecule has 0 aliphatic carbocycles. The first-order chi connectivity index (χ1) is 14.5. The summed E-state index contributed by atoms with van der Waals surface area (Å²) in [5.74, 6) is -2.30. The summed E-state index contributed by atoms with van der Waals surface area (Å²) in [5.41, 5.74) is -0.880. The van der Waals surface area contributed by atoms with Gasteiger partial charge in [-0.3, -0.25) is 14.4 Å². The van der Waals surface area contributed by atoms with Crippen molar-refractivity contribution in [1.29, 1.82) is 0 Å². The molecule has 0 saturated heterocycles. The standard InChI is InChI=1S/C22H38O9/c1-8-22(6,21(26)27-7)11-17(20(25)29-9-2)10-16(5)19(24)30-13-18(23)12-28-14-31-15(3)4/h16-18,23H,3,8-14H2,1-2,4-7H3. The highest BCUT2D eigenvalue weighted by atomic mass is 16.7. The van der Waals surface area contributed by atoms with Crippen LogP contribution in [0.25, 0.3) is 0 Å². The van der Waals surface area contributed by atoms with E-state index >= 15 is 0 Å². The number of aliphatic hydroxyl groups excluding tert-OH is 1. The van der Waals surface area contributed by atoms with Crippen molar-refractivity contribution < 1.29 is 43.2 Å². The fourth-order valence-corrected chi connectivity index (χ4v) is 2.90. The third-order valence-electron chi connectivity index (χ3n) is 4.93. The molecular weight excluding hydrogens is 408 g/mol. The molecule has 0 saturated carbocycles. The van der Waals surface area contributed by atoms with Crippen LogP contribution in [-0.2, 0) is 38.1 Å². The summed E-state index contributed by atoms with van der Waals surface area (Å²) in [6.45, 7) is 11.9. The largest absolute Gasteiger partial charge is 0.473 e. The van der Waals surface area contributed by atoms with E-state index in [9.17, 15) is 19.5 Å². The van der Waals surface area contributed by atoms with Crippen molar-refractivity contribution in [2.24, 2.45) is 17.3 Å². The van der Waals surface area contributed by atoms with Crippen LogP contribution in [0.15, 0.2) is 12.3 Å². The zero-order valence-electron chi connectivity index (χ0n) is 19.6. The highest BCUT2D eigenvalue weighted by molar-refractivity contribution is 5.79. The Morgan fingerprint density at radius 2 is 1.71 bits per heavy atom. The normalized spacial score (nSPS) is 15.7. The molecule has 9 heteroatoms. The number of carbonyl (C=O) groups excluding carboxylic acids is 3. The molecule has 0 heterocycles. The summed E-state index contributed by atoms with van der Waals surface area (Å²) in [7, 11) is 1.30. The minimum atomic E-state index is -1.02. The van der Waals surface area contributed by atoms with Crippen molar-refractivity contribution in [1.82, 2.24) is 0 Å². The van der Waals surface area contributed by atoms with Gasteiger partial charge in [-0.1, -0.05) is 20.4 Å². The van der Waals surface area contributed by atoms with E-state index in [1.54, 1.807) is 27.7 Å². The number of hydrogen-bond acceptors (Lipinski definition) is 9. The van der Waals surface area contributed by atoms with Crippen molar-refractivity contribution in [2.45, 2.75) is 60.0 Å². The predicted octanol–water partition coefficient (Wildman–Crippen LogP) is 2.60. The molecule has 9 nitrogen and oxygen atoms in total. The molecule has 4 unspecified atom stereocenters. The van der Waals surface area contributed by atoms with Gasteiger partial charge in [0.1, 0.15) is 12.7 Å². The maximum Gasteiger partial charge on any atom is 0.311 e. The molecule has 0 aromatic carbocycles. The monoisotopic (exact) mass is 446 g/mol. The van der Waals surface area contributed by atoms with Crippen LogP contribution in [0.1, 0.15) is 53.9 Å². The van der Waals surface area contributed by atoms with E-state index in [2.05, 4.69) is 6.58 Å². The highest BCUT2D eigenvalue weighted by Gasteiger charge is 2.39. The lowest BCUT2D eigenvalue weighted by Gasteiger charge is -2.29. The summed E-state index contributed by atoms with van der Waals surface area (Å²) in [6, 6.07) is 0. The van der Waals surface area contributed by atoms with Crippen molar-refractivity contribution in [2.75, 3.05) is 33.7 Å². The van der Waals surface area contributed by atoms with Crippen LogP contribution in [0.3, 0.4) is 0 Å². The third-order valence-corrected chi connectivity index (χ3v) is 4.93. The Bertz CT molecular complexity index is 590. The van der Waals surface area contributed by atoms with Crippen LogP contribution >= 0.6 is 0 Å². The lowest BCUT2D eigenvalue weighted by molar-refractivity contribution is -0.158. The molecule has 180 valence electrons. The lowest BCUT2D eigenvalue weighted by Crippen LogP contribution is -2.35. The molecule has 0 aliphatic heterocycles. The fraction of sp³-hybridized carbons (Fsp3) is 0.773. The first-order valence-corrected chi connectivity index (χ1v) is 10.5. The second kappa shape index (κ2) is 14.8. The molecule has 1 N–H and O–H groups in total. The van der Waals surface area contributed by atoms with Crippen molar-refractivity contribution >= 4 is 17.9 Å². The number of allylic oxidation sites excluding steroid dienone is 1. The van der Waals surface area contributed by atoms with Gasteiger partial charge in [-0.15, -0.1) is 0 Å². The number of methoxy groups -OCH3 is 1. The van der Waals surface area contributed by atoms with Crippen LogP contribution in [0.2, 0.25) is 0 Å². The summed E-state index contributed by atoms with van der Waals surface area (Å²) < 4.78 is 25.3. The first-order valence-electron chi connectivity index (χ1n) is 10.5. The number of hydrogen-bond donors (Lipinski definition) is 1. The molecule has 4 atom stereocenters. The smallest absolute Gasteiger partial charge is 0.311 e. The zero-order chi connectivity index (χ0) is 24.0. The fourth-order valence-electron chi connectivity index (χ4n) is 2.90. The molecular formula is C22H38O9. The molecule has 0 aliphatic rings. The Morgan fingerprint density at radius 1 is 1.06 bits per heavy atom. The third kappa shape index (κ3) is 11.2. The van der Waals surface area contributed by atoms with Gasteiger partial charge in [-0.2, -0.15) is 0 Å². The van der Waals surface area contributed by atoms with E-state index in [1.807, 2.05) is 6.92 Å². The van der Waals surface area contributed by atoms with Crippen molar-refractivity contribution in [3.63, 3.8) is 0 Å². The van der Waals surface area contributed by atoms with Crippen LogP contribution < -0.4 is 0 Å². The van der Waals surface area contributed by atoms with Crippen LogP contribution in [0, 0.1) is 17.3 Å². The van der Waals surface area contributed by atoms with Crippen LogP contribution in [0.5, 0.6) is 0 Å². The lowest BCUT2D eigenvalue weighted by atomic mass is 9.76. The summed E-state index contributed by atoms with van der Waals surface area (Å²) in [6.07, 6.45) is -0.224. The van der Waals surface area contributed by atoms with E-state index in [1.165, 1.54) is 7.11 Å². The first kappa shape index (κ1) is 28.9. The van der Waals surface area contributed by atoms with Crippen molar-refractivity contribution in [3.8, 4) is 0 Å². The predicted molar refractivity (Wildman–Crippen MR) is 113 cm³/mol. The Labute approximate surface area is 185 Å². The van der Waals surface area contributed by atoms with Gasteiger partial charge in [0.05, 0.1) is 43.3 Å². The van der Waals surface area contributed by atoms with Gasteiger partial charge in [0.25, 0.3) is 0 Å². The molecule has 31 heavy (non-hydrogen) atoms. The van der Waals surface area contributed by atoms with Gasteiger partial charge in [-0.05, 0) is 40.0 Å². The van der Waals surface area contributed by atoms with Gasteiger partial charge in [0.15, 0.2) is 6.79 Å². The summed E-state index contributed by atoms with van der Waals surface area (Å²) >= 11 is 0. The topological polar surface area (TPSA) is 118 Å². The SMILES string of the molecule is C=C(C)OCOCC(O)COC(=O)C(C)CC(CC(C)(CC)C(=O)OC)C(=O)OCC. The second-order valence-electron chi connectivity index (χ2n) is 7.81. The molecule has 0 bridgehead atoms. The van der Waals surface area contributed by atoms with Crippen LogP contribution in [-0.4, -0.2) is 62.8 Å².